The Hall–Kier alpha value is -0.580. The molecule has 0 aromatic heterocycles. The summed E-state index contributed by atoms with van der Waals surface area (Å²) in [5.41, 5.74) is 6.93. The van der Waals surface area contributed by atoms with Gasteiger partial charge >= 0.3 is 0 Å². The molecular formula is C11H16FNOS. The Morgan fingerprint density at radius 1 is 1.40 bits per heavy atom. The van der Waals surface area contributed by atoms with Crippen molar-refractivity contribution in [2.45, 2.75) is 18.2 Å². The van der Waals surface area contributed by atoms with E-state index in [0.717, 1.165) is 5.56 Å². The number of thioether (sulfide) groups is 1. The summed E-state index contributed by atoms with van der Waals surface area (Å²) in [7, 11) is 0. The standard InChI is InChI=1S/C11H16FNOS/c1-8(15-7-6-14)11(13)9-2-4-10(12)5-3-9/h2-5,8,11,14H,6-7,13H2,1H3. The van der Waals surface area contributed by atoms with Crippen LogP contribution in [0.4, 0.5) is 4.39 Å². The maximum absolute atomic E-state index is 12.7. The second-order valence-electron chi connectivity index (χ2n) is 3.38. The molecule has 0 fully saturated rings. The monoisotopic (exact) mass is 229 g/mol. The Morgan fingerprint density at radius 2 is 2.00 bits per heavy atom. The van der Waals surface area contributed by atoms with E-state index < -0.39 is 0 Å². The first-order chi connectivity index (χ1) is 7.15. The van der Waals surface area contributed by atoms with Crippen LogP contribution in [-0.2, 0) is 0 Å². The summed E-state index contributed by atoms with van der Waals surface area (Å²) >= 11 is 1.61. The molecule has 1 aromatic carbocycles. The van der Waals surface area contributed by atoms with Crippen LogP contribution in [0, 0.1) is 5.82 Å². The second kappa shape index (κ2) is 6.10. The molecule has 0 spiro atoms. The second-order valence-corrected chi connectivity index (χ2v) is 4.86. The van der Waals surface area contributed by atoms with E-state index in [1.165, 1.54) is 12.1 Å². The van der Waals surface area contributed by atoms with E-state index in [9.17, 15) is 4.39 Å². The van der Waals surface area contributed by atoms with Crippen LogP contribution in [0.2, 0.25) is 0 Å². The van der Waals surface area contributed by atoms with E-state index in [1.54, 1.807) is 23.9 Å². The van der Waals surface area contributed by atoms with E-state index in [-0.39, 0.29) is 23.7 Å². The van der Waals surface area contributed by atoms with Gasteiger partial charge in [-0.3, -0.25) is 0 Å². The first-order valence-electron chi connectivity index (χ1n) is 4.88. The Kier molecular flexibility index (Phi) is 5.08. The highest BCUT2D eigenvalue weighted by molar-refractivity contribution is 7.99. The molecule has 0 aliphatic heterocycles. The van der Waals surface area contributed by atoms with Crippen molar-refractivity contribution in [2.75, 3.05) is 12.4 Å². The minimum atomic E-state index is -0.249. The van der Waals surface area contributed by atoms with Gasteiger partial charge in [0.05, 0.1) is 6.61 Å². The van der Waals surface area contributed by atoms with Gasteiger partial charge in [-0.1, -0.05) is 19.1 Å². The largest absolute Gasteiger partial charge is 0.396 e. The van der Waals surface area contributed by atoms with Crippen molar-refractivity contribution in [1.29, 1.82) is 0 Å². The smallest absolute Gasteiger partial charge is 0.123 e. The number of benzene rings is 1. The van der Waals surface area contributed by atoms with E-state index in [0.29, 0.717) is 5.75 Å². The van der Waals surface area contributed by atoms with Gasteiger partial charge in [0, 0.05) is 17.0 Å². The molecular weight excluding hydrogens is 213 g/mol. The maximum atomic E-state index is 12.7. The molecule has 4 heteroatoms. The van der Waals surface area contributed by atoms with Crippen LogP contribution in [-0.4, -0.2) is 22.7 Å². The van der Waals surface area contributed by atoms with Crippen LogP contribution < -0.4 is 5.73 Å². The molecule has 0 saturated heterocycles. The molecule has 2 nitrogen and oxygen atoms in total. The fraction of sp³-hybridized carbons (Fsp3) is 0.455. The van der Waals surface area contributed by atoms with Gasteiger partial charge in [0.2, 0.25) is 0 Å². The lowest BCUT2D eigenvalue weighted by Gasteiger charge is -2.19. The quantitative estimate of drug-likeness (QED) is 0.811. The highest BCUT2D eigenvalue weighted by Crippen LogP contribution is 2.24. The lowest BCUT2D eigenvalue weighted by atomic mass is 10.1. The molecule has 2 unspecified atom stereocenters. The SMILES string of the molecule is CC(SCCO)C(N)c1ccc(F)cc1. The van der Waals surface area contributed by atoms with Crippen LogP contribution in [0.15, 0.2) is 24.3 Å². The molecule has 2 atom stereocenters. The van der Waals surface area contributed by atoms with Crippen LogP contribution >= 0.6 is 11.8 Å². The Labute approximate surface area is 93.7 Å². The minimum absolute atomic E-state index is 0.123. The van der Waals surface area contributed by atoms with Crippen molar-refractivity contribution in [3.05, 3.63) is 35.6 Å². The van der Waals surface area contributed by atoms with Gasteiger partial charge in [0.1, 0.15) is 5.82 Å². The molecule has 0 saturated carbocycles. The molecule has 1 aromatic rings. The maximum Gasteiger partial charge on any atom is 0.123 e. The average Bonchev–Trinajstić information content (AvgIpc) is 2.26. The predicted octanol–water partition coefficient (Wildman–Crippen LogP) is 1.94. The summed E-state index contributed by atoms with van der Waals surface area (Å²) in [6, 6.07) is 6.12. The van der Waals surface area contributed by atoms with Crippen molar-refractivity contribution in [2.24, 2.45) is 5.73 Å². The van der Waals surface area contributed by atoms with Crippen LogP contribution in [0.3, 0.4) is 0 Å². The summed E-state index contributed by atoms with van der Waals surface area (Å²) in [5.74, 6) is 0.428. The molecule has 0 bridgehead atoms. The normalized spacial score (nSPS) is 14.9. The zero-order valence-corrected chi connectivity index (χ0v) is 9.51. The van der Waals surface area contributed by atoms with Gasteiger partial charge in [-0.25, -0.2) is 4.39 Å². The summed E-state index contributed by atoms with van der Waals surface area (Å²) in [6.45, 7) is 2.17. The summed E-state index contributed by atoms with van der Waals surface area (Å²) < 4.78 is 12.7. The molecule has 0 heterocycles. The van der Waals surface area contributed by atoms with Crippen molar-refractivity contribution < 1.29 is 9.50 Å². The van der Waals surface area contributed by atoms with Crippen LogP contribution in [0.5, 0.6) is 0 Å². The number of aliphatic hydroxyl groups excluding tert-OH is 1. The zero-order valence-electron chi connectivity index (χ0n) is 8.69. The number of halogens is 1. The Balaban J connectivity index is 2.59. The van der Waals surface area contributed by atoms with E-state index in [1.807, 2.05) is 6.92 Å². The fourth-order valence-electron chi connectivity index (χ4n) is 1.30. The minimum Gasteiger partial charge on any atom is -0.396 e. The van der Waals surface area contributed by atoms with Crippen LogP contribution in [0.1, 0.15) is 18.5 Å². The number of rotatable bonds is 5. The number of hydrogen-bond acceptors (Lipinski definition) is 3. The van der Waals surface area contributed by atoms with Crippen molar-refractivity contribution in [3.8, 4) is 0 Å². The van der Waals surface area contributed by atoms with Gasteiger partial charge in [-0.15, -0.1) is 0 Å². The number of hydrogen-bond donors (Lipinski definition) is 2. The lowest BCUT2D eigenvalue weighted by Crippen LogP contribution is -2.21. The first kappa shape index (κ1) is 12.5. The van der Waals surface area contributed by atoms with Gasteiger partial charge in [0.25, 0.3) is 0 Å². The highest BCUT2D eigenvalue weighted by Gasteiger charge is 2.14. The van der Waals surface area contributed by atoms with Gasteiger partial charge in [-0.05, 0) is 17.7 Å². The molecule has 0 aliphatic rings. The molecule has 0 amide bonds. The summed E-state index contributed by atoms with van der Waals surface area (Å²) in [6.07, 6.45) is 0. The van der Waals surface area contributed by atoms with Gasteiger partial charge in [-0.2, -0.15) is 11.8 Å². The van der Waals surface area contributed by atoms with Crippen LogP contribution in [0.25, 0.3) is 0 Å². The molecule has 84 valence electrons. The van der Waals surface area contributed by atoms with E-state index >= 15 is 0 Å². The van der Waals surface area contributed by atoms with E-state index in [2.05, 4.69) is 0 Å². The Morgan fingerprint density at radius 3 is 2.53 bits per heavy atom. The summed E-state index contributed by atoms with van der Waals surface area (Å²) in [5, 5.41) is 8.90. The molecule has 3 N–H and O–H groups in total. The average molecular weight is 229 g/mol. The summed E-state index contributed by atoms with van der Waals surface area (Å²) in [4.78, 5) is 0. The van der Waals surface area contributed by atoms with Crippen molar-refractivity contribution in [1.82, 2.24) is 0 Å². The molecule has 0 aliphatic carbocycles. The molecule has 1 rings (SSSR count). The molecule has 0 radical (unpaired) electrons. The first-order valence-corrected chi connectivity index (χ1v) is 5.93. The zero-order chi connectivity index (χ0) is 11.3. The topological polar surface area (TPSA) is 46.2 Å². The Bertz CT molecular complexity index is 291. The third-order valence-electron chi connectivity index (χ3n) is 2.23. The third-order valence-corrected chi connectivity index (χ3v) is 3.47. The number of aliphatic hydroxyl groups is 1. The lowest BCUT2D eigenvalue weighted by molar-refractivity contribution is 0.322. The van der Waals surface area contributed by atoms with E-state index in [4.69, 9.17) is 10.8 Å². The van der Waals surface area contributed by atoms with Crippen molar-refractivity contribution in [3.63, 3.8) is 0 Å². The third kappa shape index (κ3) is 3.81. The van der Waals surface area contributed by atoms with Crippen molar-refractivity contribution >= 4 is 11.8 Å². The molecule has 15 heavy (non-hydrogen) atoms. The fourth-order valence-corrected chi connectivity index (χ4v) is 2.14. The van der Waals surface area contributed by atoms with Gasteiger partial charge in [0.15, 0.2) is 0 Å². The predicted molar refractivity (Wildman–Crippen MR) is 62.3 cm³/mol. The highest BCUT2D eigenvalue weighted by atomic mass is 32.2. The van der Waals surface area contributed by atoms with Gasteiger partial charge < -0.3 is 10.8 Å². The number of nitrogens with two attached hydrogens (primary N) is 1.